The molecule has 110 valence electrons. The summed E-state index contributed by atoms with van der Waals surface area (Å²) in [5, 5.41) is 2.80. The van der Waals surface area contributed by atoms with Crippen LogP contribution in [0.3, 0.4) is 0 Å². The standard InChI is InChI=1S/C18H17N3O/c1-11(22)21-14-6-4-12(5-7-14)15-8-9-19-16-10-20-18(17(15)16)13-2-3-13/h4-9,13H,2-3,10H2,1H3,(H,21,22). The molecule has 0 spiro atoms. The number of hydrogen-bond acceptors (Lipinski definition) is 3. The van der Waals surface area contributed by atoms with Gasteiger partial charge in [0.1, 0.15) is 0 Å². The number of carbonyl (C=O) groups excluding carboxylic acids is 1. The summed E-state index contributed by atoms with van der Waals surface area (Å²) in [6, 6.07) is 10.0. The van der Waals surface area contributed by atoms with Gasteiger partial charge in [0.15, 0.2) is 0 Å². The van der Waals surface area contributed by atoms with Gasteiger partial charge in [-0.05, 0) is 42.2 Å². The van der Waals surface area contributed by atoms with E-state index in [0.717, 1.165) is 16.9 Å². The molecule has 1 saturated carbocycles. The summed E-state index contributed by atoms with van der Waals surface area (Å²) in [5.74, 6) is 0.573. The second-order valence-corrected chi connectivity index (χ2v) is 5.91. The van der Waals surface area contributed by atoms with Gasteiger partial charge in [0.05, 0.1) is 12.2 Å². The van der Waals surface area contributed by atoms with Gasteiger partial charge in [-0.2, -0.15) is 0 Å². The van der Waals surface area contributed by atoms with Crippen molar-refractivity contribution < 1.29 is 4.79 Å². The molecule has 1 N–H and O–H groups in total. The predicted octanol–water partition coefficient (Wildman–Crippen LogP) is 3.42. The summed E-state index contributed by atoms with van der Waals surface area (Å²) in [7, 11) is 0. The van der Waals surface area contributed by atoms with E-state index in [9.17, 15) is 4.79 Å². The first-order valence-corrected chi connectivity index (χ1v) is 7.63. The van der Waals surface area contributed by atoms with Gasteiger partial charge in [-0.1, -0.05) is 12.1 Å². The van der Waals surface area contributed by atoms with E-state index in [1.807, 2.05) is 30.5 Å². The number of benzene rings is 1. The Hall–Kier alpha value is -2.49. The summed E-state index contributed by atoms with van der Waals surface area (Å²) in [6.07, 6.45) is 4.35. The van der Waals surface area contributed by atoms with Crippen molar-refractivity contribution in [1.82, 2.24) is 4.98 Å². The van der Waals surface area contributed by atoms with Gasteiger partial charge in [-0.3, -0.25) is 14.8 Å². The maximum Gasteiger partial charge on any atom is 0.221 e. The van der Waals surface area contributed by atoms with E-state index in [4.69, 9.17) is 4.99 Å². The number of pyridine rings is 1. The van der Waals surface area contributed by atoms with E-state index in [1.54, 1.807) is 0 Å². The van der Waals surface area contributed by atoms with Crippen molar-refractivity contribution >= 4 is 17.3 Å². The number of amides is 1. The van der Waals surface area contributed by atoms with E-state index in [-0.39, 0.29) is 5.91 Å². The van der Waals surface area contributed by atoms with E-state index >= 15 is 0 Å². The van der Waals surface area contributed by atoms with E-state index in [1.165, 1.54) is 36.6 Å². The molecule has 0 atom stereocenters. The van der Waals surface area contributed by atoms with Gasteiger partial charge < -0.3 is 5.32 Å². The lowest BCUT2D eigenvalue weighted by Gasteiger charge is -2.11. The van der Waals surface area contributed by atoms with Gasteiger partial charge in [0.2, 0.25) is 5.91 Å². The van der Waals surface area contributed by atoms with Crippen molar-refractivity contribution in [2.75, 3.05) is 5.32 Å². The Morgan fingerprint density at radius 1 is 1.18 bits per heavy atom. The molecule has 1 amide bonds. The number of rotatable bonds is 3. The molecule has 1 aliphatic carbocycles. The minimum absolute atomic E-state index is 0.0549. The average molecular weight is 291 g/mol. The molecule has 2 aromatic rings. The lowest BCUT2D eigenvalue weighted by atomic mass is 9.95. The van der Waals surface area contributed by atoms with Gasteiger partial charge >= 0.3 is 0 Å². The predicted molar refractivity (Wildman–Crippen MR) is 86.9 cm³/mol. The third kappa shape index (κ3) is 2.30. The van der Waals surface area contributed by atoms with Crippen molar-refractivity contribution in [3.8, 4) is 11.1 Å². The normalized spacial score (nSPS) is 16.1. The van der Waals surface area contributed by atoms with Crippen LogP contribution in [0, 0.1) is 5.92 Å². The first-order valence-electron chi connectivity index (χ1n) is 7.63. The lowest BCUT2D eigenvalue weighted by molar-refractivity contribution is -0.114. The molecule has 2 heterocycles. The molecule has 0 bridgehead atoms. The van der Waals surface area contributed by atoms with Crippen molar-refractivity contribution in [3.63, 3.8) is 0 Å². The number of fused-ring (bicyclic) bond motifs is 1. The van der Waals surface area contributed by atoms with Gasteiger partial charge in [0.25, 0.3) is 0 Å². The maximum atomic E-state index is 11.1. The second kappa shape index (κ2) is 5.05. The lowest BCUT2D eigenvalue weighted by Crippen LogP contribution is -2.06. The van der Waals surface area contributed by atoms with Crippen LogP contribution in [0.4, 0.5) is 5.69 Å². The highest BCUT2D eigenvalue weighted by Crippen LogP contribution is 2.40. The first-order chi connectivity index (χ1) is 10.7. The molecule has 0 saturated heterocycles. The van der Waals surface area contributed by atoms with Crippen LogP contribution in [0.2, 0.25) is 0 Å². The van der Waals surface area contributed by atoms with Gasteiger partial charge in [-0.25, -0.2) is 0 Å². The Morgan fingerprint density at radius 2 is 1.95 bits per heavy atom. The fourth-order valence-corrected chi connectivity index (χ4v) is 3.02. The monoisotopic (exact) mass is 291 g/mol. The molecule has 22 heavy (non-hydrogen) atoms. The van der Waals surface area contributed by atoms with Crippen LogP contribution < -0.4 is 5.32 Å². The zero-order valence-corrected chi connectivity index (χ0v) is 12.5. The SMILES string of the molecule is CC(=O)Nc1ccc(-c2ccnc3c2C(C2CC2)=NC3)cc1. The number of nitrogens with zero attached hydrogens (tertiary/aromatic N) is 2. The van der Waals surface area contributed by atoms with Crippen LogP contribution in [0.15, 0.2) is 41.5 Å². The van der Waals surface area contributed by atoms with E-state index in [0.29, 0.717) is 12.5 Å². The first kappa shape index (κ1) is 13.2. The van der Waals surface area contributed by atoms with Crippen molar-refractivity contribution in [1.29, 1.82) is 0 Å². The molecule has 4 heteroatoms. The summed E-state index contributed by atoms with van der Waals surface area (Å²) < 4.78 is 0. The van der Waals surface area contributed by atoms with Crippen LogP contribution >= 0.6 is 0 Å². The molecule has 1 fully saturated rings. The molecule has 0 unspecified atom stereocenters. The largest absolute Gasteiger partial charge is 0.326 e. The van der Waals surface area contributed by atoms with Crippen LogP contribution in [-0.4, -0.2) is 16.6 Å². The van der Waals surface area contributed by atoms with E-state index in [2.05, 4.69) is 16.4 Å². The van der Waals surface area contributed by atoms with Crippen LogP contribution in [-0.2, 0) is 11.3 Å². The molecular weight excluding hydrogens is 274 g/mol. The molecule has 0 radical (unpaired) electrons. The summed E-state index contributed by atoms with van der Waals surface area (Å²) in [6.45, 7) is 2.22. The molecule has 4 rings (SSSR count). The van der Waals surface area contributed by atoms with Gasteiger partial charge in [0, 0.05) is 36.0 Å². The molecular formula is C18H17N3O. The molecule has 4 nitrogen and oxygen atoms in total. The van der Waals surface area contributed by atoms with E-state index < -0.39 is 0 Å². The van der Waals surface area contributed by atoms with Crippen molar-refractivity contribution in [2.45, 2.75) is 26.3 Å². The topological polar surface area (TPSA) is 54.4 Å². The highest BCUT2D eigenvalue weighted by Gasteiger charge is 2.34. The number of hydrogen-bond donors (Lipinski definition) is 1. The van der Waals surface area contributed by atoms with Crippen LogP contribution in [0.25, 0.3) is 11.1 Å². The Kier molecular flexibility index (Phi) is 3.03. The highest BCUT2D eigenvalue weighted by atomic mass is 16.1. The number of carbonyl (C=O) groups is 1. The summed E-state index contributed by atoms with van der Waals surface area (Å²) in [5.41, 5.74) is 6.72. The Morgan fingerprint density at radius 3 is 2.64 bits per heavy atom. The second-order valence-electron chi connectivity index (χ2n) is 5.91. The Bertz CT molecular complexity index is 773. The minimum atomic E-state index is -0.0549. The molecule has 1 aromatic carbocycles. The van der Waals surface area contributed by atoms with Gasteiger partial charge in [-0.15, -0.1) is 0 Å². The third-order valence-electron chi connectivity index (χ3n) is 4.17. The zero-order chi connectivity index (χ0) is 15.1. The van der Waals surface area contributed by atoms with Crippen molar-refractivity contribution in [2.24, 2.45) is 10.9 Å². The molecule has 1 aromatic heterocycles. The third-order valence-corrected chi connectivity index (χ3v) is 4.17. The molecule has 2 aliphatic rings. The summed E-state index contributed by atoms with van der Waals surface area (Å²) >= 11 is 0. The van der Waals surface area contributed by atoms with Crippen LogP contribution in [0.5, 0.6) is 0 Å². The number of anilines is 1. The number of aliphatic imine (C=N–C) groups is 1. The fourth-order valence-electron chi connectivity index (χ4n) is 3.02. The molecule has 1 aliphatic heterocycles. The Balaban J connectivity index is 1.73. The highest BCUT2D eigenvalue weighted by molar-refractivity contribution is 6.10. The maximum absolute atomic E-state index is 11.1. The smallest absolute Gasteiger partial charge is 0.221 e. The quantitative estimate of drug-likeness (QED) is 0.942. The number of nitrogens with one attached hydrogen (secondary N) is 1. The zero-order valence-electron chi connectivity index (χ0n) is 12.5. The number of aromatic nitrogens is 1. The van der Waals surface area contributed by atoms with Crippen LogP contribution in [0.1, 0.15) is 31.0 Å². The fraction of sp³-hybridized carbons (Fsp3) is 0.278. The average Bonchev–Trinajstić information content (AvgIpc) is 3.26. The summed E-state index contributed by atoms with van der Waals surface area (Å²) in [4.78, 5) is 20.3. The minimum Gasteiger partial charge on any atom is -0.326 e. The Labute approximate surface area is 129 Å². The van der Waals surface area contributed by atoms with Crippen molar-refractivity contribution in [3.05, 3.63) is 47.8 Å².